The Hall–Kier alpha value is -0.350. The lowest BCUT2D eigenvalue weighted by Gasteiger charge is -2.37. The molecule has 0 radical (unpaired) electrons. The second-order valence-electron chi connectivity index (χ2n) is 4.40. The van der Waals surface area contributed by atoms with E-state index < -0.39 is 0 Å². The topological polar surface area (TPSA) is 20.3 Å². The number of amides is 1. The molecule has 1 saturated carbocycles. The number of hydrogen-bond donors (Lipinski definition) is 0. The molecule has 1 heterocycles. The van der Waals surface area contributed by atoms with Gasteiger partial charge in [-0.25, -0.2) is 0 Å². The molecule has 4 heteroatoms. The smallest absolute Gasteiger partial charge is 0.264 e. The van der Waals surface area contributed by atoms with Gasteiger partial charge in [0.15, 0.2) is 0 Å². The summed E-state index contributed by atoms with van der Waals surface area (Å²) in [7, 11) is 0. The summed E-state index contributed by atoms with van der Waals surface area (Å²) in [5.41, 5.74) is 1.19. The molecule has 1 amide bonds. The molecule has 17 heavy (non-hydrogen) atoms. The molecule has 0 atom stereocenters. The summed E-state index contributed by atoms with van der Waals surface area (Å²) in [6.07, 6.45) is 4.55. The number of rotatable bonds is 5. The number of thiophene rings is 1. The third kappa shape index (κ3) is 2.74. The summed E-state index contributed by atoms with van der Waals surface area (Å²) in [4.78, 5) is 15.5. The average Bonchev–Trinajstić information content (AvgIpc) is 2.73. The highest BCUT2D eigenvalue weighted by Gasteiger charge is 2.30. The van der Waals surface area contributed by atoms with Gasteiger partial charge in [0.2, 0.25) is 0 Å². The maximum Gasteiger partial charge on any atom is 0.264 e. The van der Waals surface area contributed by atoms with Gasteiger partial charge in [0.05, 0.1) is 4.88 Å². The molecule has 0 aromatic carbocycles. The third-order valence-corrected chi connectivity index (χ3v) is 4.72. The van der Waals surface area contributed by atoms with Crippen LogP contribution in [0.3, 0.4) is 0 Å². The fourth-order valence-corrected chi connectivity index (χ4v) is 3.50. The van der Waals surface area contributed by atoms with Gasteiger partial charge in [-0.3, -0.25) is 4.79 Å². The summed E-state index contributed by atoms with van der Waals surface area (Å²) >= 11 is 5.03. The van der Waals surface area contributed by atoms with Crippen molar-refractivity contribution in [2.75, 3.05) is 11.9 Å². The minimum absolute atomic E-state index is 0.237. The first kappa shape index (κ1) is 13.1. The molecule has 0 spiro atoms. The number of hydrogen-bond acceptors (Lipinski definition) is 2. The van der Waals surface area contributed by atoms with Gasteiger partial charge in [-0.2, -0.15) is 0 Å². The molecule has 0 bridgehead atoms. The first-order valence-electron chi connectivity index (χ1n) is 6.21. The van der Waals surface area contributed by atoms with Crippen molar-refractivity contribution in [3.8, 4) is 0 Å². The SMILES string of the molecule is CCc1ccsc1C(=O)N(CCBr)C1CCC1. The Balaban J connectivity index is 2.15. The molecule has 1 fully saturated rings. The van der Waals surface area contributed by atoms with Crippen LogP contribution >= 0.6 is 27.3 Å². The second-order valence-corrected chi connectivity index (χ2v) is 6.11. The normalized spacial score (nSPS) is 15.6. The van der Waals surface area contributed by atoms with Crippen LogP contribution in [0.4, 0.5) is 0 Å². The van der Waals surface area contributed by atoms with Gasteiger partial charge in [0, 0.05) is 17.9 Å². The van der Waals surface area contributed by atoms with Crippen molar-refractivity contribution in [3.63, 3.8) is 0 Å². The fraction of sp³-hybridized carbons (Fsp3) is 0.615. The molecule has 0 unspecified atom stereocenters. The van der Waals surface area contributed by atoms with Crippen molar-refractivity contribution in [3.05, 3.63) is 21.9 Å². The van der Waals surface area contributed by atoms with Gasteiger partial charge in [-0.15, -0.1) is 11.3 Å². The molecule has 0 N–H and O–H groups in total. The largest absolute Gasteiger partial charge is 0.334 e. The Morgan fingerprint density at radius 2 is 2.35 bits per heavy atom. The number of aryl methyl sites for hydroxylation is 1. The predicted octanol–water partition coefficient (Wildman–Crippen LogP) is 3.70. The van der Waals surface area contributed by atoms with Crippen molar-refractivity contribution in [1.82, 2.24) is 4.90 Å². The standard InChI is InChI=1S/C13H18BrNOS/c1-2-10-6-9-17-12(10)13(16)15(8-7-14)11-4-3-5-11/h6,9,11H,2-5,7-8H2,1H3. The number of carbonyl (C=O) groups excluding carboxylic acids is 1. The molecule has 94 valence electrons. The molecule has 0 saturated heterocycles. The van der Waals surface area contributed by atoms with Crippen molar-refractivity contribution in [1.29, 1.82) is 0 Å². The van der Waals surface area contributed by atoms with E-state index in [2.05, 4.69) is 33.8 Å². The summed E-state index contributed by atoms with van der Waals surface area (Å²) < 4.78 is 0. The Kier molecular flexibility index (Phi) is 4.62. The zero-order valence-electron chi connectivity index (χ0n) is 10.1. The Labute approximate surface area is 115 Å². The lowest BCUT2D eigenvalue weighted by molar-refractivity contribution is 0.0603. The predicted molar refractivity (Wildman–Crippen MR) is 76.2 cm³/mol. The van der Waals surface area contributed by atoms with Gasteiger partial charge in [-0.05, 0) is 42.7 Å². The minimum Gasteiger partial charge on any atom is -0.334 e. The van der Waals surface area contributed by atoms with Crippen molar-refractivity contribution < 1.29 is 4.79 Å². The van der Waals surface area contributed by atoms with Crippen LogP contribution < -0.4 is 0 Å². The molecule has 2 nitrogen and oxygen atoms in total. The van der Waals surface area contributed by atoms with Gasteiger partial charge in [0.1, 0.15) is 0 Å². The van der Waals surface area contributed by atoms with E-state index in [4.69, 9.17) is 0 Å². The van der Waals surface area contributed by atoms with Crippen LogP contribution in [-0.2, 0) is 6.42 Å². The van der Waals surface area contributed by atoms with E-state index >= 15 is 0 Å². The first-order chi connectivity index (χ1) is 8.27. The van der Waals surface area contributed by atoms with E-state index in [0.29, 0.717) is 6.04 Å². The van der Waals surface area contributed by atoms with Crippen LogP contribution in [0.1, 0.15) is 41.4 Å². The van der Waals surface area contributed by atoms with Crippen LogP contribution in [0.25, 0.3) is 0 Å². The van der Waals surface area contributed by atoms with E-state index in [1.807, 2.05) is 5.38 Å². The van der Waals surface area contributed by atoms with Gasteiger partial charge in [0.25, 0.3) is 5.91 Å². The van der Waals surface area contributed by atoms with Crippen molar-refractivity contribution in [2.45, 2.75) is 38.6 Å². The first-order valence-corrected chi connectivity index (χ1v) is 8.21. The molecular formula is C13H18BrNOS. The molecule has 2 rings (SSSR count). The highest BCUT2D eigenvalue weighted by atomic mass is 79.9. The van der Waals surface area contributed by atoms with Crippen LogP contribution in [0.15, 0.2) is 11.4 Å². The van der Waals surface area contributed by atoms with Crippen LogP contribution in [0.2, 0.25) is 0 Å². The molecular weight excluding hydrogens is 298 g/mol. The van der Waals surface area contributed by atoms with Crippen LogP contribution in [0, 0.1) is 0 Å². The Morgan fingerprint density at radius 3 is 2.88 bits per heavy atom. The molecule has 1 aliphatic carbocycles. The van der Waals surface area contributed by atoms with Gasteiger partial charge < -0.3 is 4.90 Å². The highest BCUT2D eigenvalue weighted by Crippen LogP contribution is 2.28. The van der Waals surface area contributed by atoms with Crippen molar-refractivity contribution >= 4 is 33.2 Å². The maximum absolute atomic E-state index is 12.5. The molecule has 0 aliphatic heterocycles. The monoisotopic (exact) mass is 315 g/mol. The lowest BCUT2D eigenvalue weighted by atomic mass is 9.91. The highest BCUT2D eigenvalue weighted by molar-refractivity contribution is 9.09. The van der Waals surface area contributed by atoms with Crippen molar-refractivity contribution in [2.24, 2.45) is 0 Å². The summed E-state index contributed by atoms with van der Waals surface area (Å²) in [5, 5.41) is 2.89. The van der Waals surface area contributed by atoms with E-state index in [9.17, 15) is 4.79 Å². The van der Waals surface area contributed by atoms with Gasteiger partial charge >= 0.3 is 0 Å². The zero-order chi connectivity index (χ0) is 12.3. The zero-order valence-corrected chi connectivity index (χ0v) is 12.5. The summed E-state index contributed by atoms with van der Waals surface area (Å²) in [5.74, 6) is 0.237. The average molecular weight is 316 g/mol. The summed E-state index contributed by atoms with van der Waals surface area (Å²) in [6.45, 7) is 2.93. The summed E-state index contributed by atoms with van der Waals surface area (Å²) in [6, 6.07) is 2.55. The number of halogens is 1. The van der Waals surface area contributed by atoms with Crippen LogP contribution in [-0.4, -0.2) is 28.7 Å². The maximum atomic E-state index is 12.5. The minimum atomic E-state index is 0.237. The number of carbonyl (C=O) groups is 1. The molecule has 1 aliphatic rings. The molecule has 1 aromatic heterocycles. The van der Waals surface area contributed by atoms with E-state index in [-0.39, 0.29) is 5.91 Å². The number of nitrogens with zero attached hydrogens (tertiary/aromatic N) is 1. The van der Waals surface area contributed by atoms with Gasteiger partial charge in [-0.1, -0.05) is 22.9 Å². The van der Waals surface area contributed by atoms with Crippen LogP contribution in [0.5, 0.6) is 0 Å². The fourth-order valence-electron chi connectivity index (χ4n) is 2.17. The van der Waals surface area contributed by atoms with E-state index in [1.165, 1.54) is 24.8 Å². The third-order valence-electron chi connectivity index (χ3n) is 3.42. The quantitative estimate of drug-likeness (QED) is 0.759. The van der Waals surface area contributed by atoms with E-state index in [1.54, 1.807) is 11.3 Å². The second kappa shape index (κ2) is 6.01. The Bertz CT molecular complexity index is 387. The van der Waals surface area contributed by atoms with E-state index in [0.717, 1.165) is 23.2 Å². The Morgan fingerprint density at radius 1 is 1.59 bits per heavy atom. The lowest BCUT2D eigenvalue weighted by Crippen LogP contribution is -2.45. The number of alkyl halides is 1. The molecule has 1 aromatic rings.